The van der Waals surface area contributed by atoms with Crippen LogP contribution in [0.2, 0.25) is 5.02 Å². The van der Waals surface area contributed by atoms with Gasteiger partial charge < -0.3 is 9.88 Å². The molecule has 0 amide bonds. The Morgan fingerprint density at radius 3 is 2.71 bits per heavy atom. The number of likely N-dealkylation sites (N-methyl/N-ethyl adjacent to an activating group) is 1. The summed E-state index contributed by atoms with van der Waals surface area (Å²) in [5, 5.41) is 4.38. The molecule has 4 heteroatoms. The SMILES string of the molecule is CCn1c(CC2(NC)CCCCC2)nc2ccc(Cl)cc21. The lowest BCUT2D eigenvalue weighted by molar-refractivity contribution is 0.239. The molecule has 0 saturated heterocycles. The molecule has 1 aliphatic carbocycles. The monoisotopic (exact) mass is 305 g/mol. The lowest BCUT2D eigenvalue weighted by Crippen LogP contribution is -2.47. The van der Waals surface area contributed by atoms with E-state index in [-0.39, 0.29) is 5.54 Å². The molecule has 1 aromatic carbocycles. The van der Waals surface area contributed by atoms with Gasteiger partial charge in [-0.1, -0.05) is 30.9 Å². The minimum absolute atomic E-state index is 0.219. The summed E-state index contributed by atoms with van der Waals surface area (Å²) in [6.45, 7) is 3.12. The van der Waals surface area contributed by atoms with Crippen molar-refractivity contribution in [2.75, 3.05) is 7.05 Å². The summed E-state index contributed by atoms with van der Waals surface area (Å²) in [6.07, 6.45) is 7.50. The normalized spacial score (nSPS) is 18.2. The molecule has 0 atom stereocenters. The van der Waals surface area contributed by atoms with E-state index in [0.29, 0.717) is 0 Å². The fourth-order valence-electron chi connectivity index (χ4n) is 3.68. The average Bonchev–Trinajstić information content (AvgIpc) is 2.84. The average molecular weight is 306 g/mol. The van der Waals surface area contributed by atoms with E-state index in [1.165, 1.54) is 37.9 Å². The van der Waals surface area contributed by atoms with Crippen LogP contribution in [0.3, 0.4) is 0 Å². The Morgan fingerprint density at radius 1 is 1.29 bits per heavy atom. The third-order valence-electron chi connectivity index (χ3n) is 4.94. The maximum Gasteiger partial charge on any atom is 0.111 e. The van der Waals surface area contributed by atoms with Gasteiger partial charge in [0.25, 0.3) is 0 Å². The highest BCUT2D eigenvalue weighted by Gasteiger charge is 2.32. The standard InChI is InChI=1S/C17H24ClN3/c1-3-21-15-11-13(18)7-8-14(15)20-16(21)12-17(19-2)9-5-4-6-10-17/h7-8,11,19H,3-6,9-10,12H2,1-2H3. The van der Waals surface area contributed by atoms with Crippen LogP contribution in [0.5, 0.6) is 0 Å². The van der Waals surface area contributed by atoms with Gasteiger partial charge in [-0.3, -0.25) is 0 Å². The molecule has 114 valence electrons. The number of nitrogens with zero attached hydrogens (tertiary/aromatic N) is 2. The van der Waals surface area contributed by atoms with Crippen molar-refractivity contribution in [3.63, 3.8) is 0 Å². The molecule has 1 aliphatic rings. The van der Waals surface area contributed by atoms with Crippen molar-refractivity contribution in [3.05, 3.63) is 29.0 Å². The Labute approximate surface area is 131 Å². The van der Waals surface area contributed by atoms with E-state index < -0.39 is 0 Å². The molecule has 1 saturated carbocycles. The summed E-state index contributed by atoms with van der Waals surface area (Å²) >= 11 is 6.15. The molecule has 21 heavy (non-hydrogen) atoms. The van der Waals surface area contributed by atoms with Gasteiger partial charge in [-0.25, -0.2) is 4.98 Å². The zero-order chi connectivity index (χ0) is 14.9. The van der Waals surface area contributed by atoms with Crippen molar-refractivity contribution in [3.8, 4) is 0 Å². The largest absolute Gasteiger partial charge is 0.328 e. The summed E-state index contributed by atoms with van der Waals surface area (Å²) in [6, 6.07) is 5.99. The summed E-state index contributed by atoms with van der Waals surface area (Å²) in [7, 11) is 2.10. The first-order valence-electron chi connectivity index (χ1n) is 8.01. The number of aryl methyl sites for hydroxylation is 1. The van der Waals surface area contributed by atoms with Gasteiger partial charge in [0.1, 0.15) is 5.82 Å². The molecule has 0 radical (unpaired) electrons. The van der Waals surface area contributed by atoms with E-state index in [1.54, 1.807) is 0 Å². The molecular weight excluding hydrogens is 282 g/mol. The van der Waals surface area contributed by atoms with Gasteiger partial charge in [0.2, 0.25) is 0 Å². The first-order valence-corrected chi connectivity index (χ1v) is 8.39. The van der Waals surface area contributed by atoms with Crippen LogP contribution < -0.4 is 5.32 Å². The first-order chi connectivity index (χ1) is 10.2. The van der Waals surface area contributed by atoms with Crippen LogP contribution in [0.4, 0.5) is 0 Å². The minimum atomic E-state index is 0.219. The van der Waals surface area contributed by atoms with Crippen molar-refractivity contribution < 1.29 is 0 Å². The number of nitrogens with one attached hydrogen (secondary N) is 1. The fraction of sp³-hybridized carbons (Fsp3) is 0.588. The van der Waals surface area contributed by atoms with Crippen LogP contribution in [0.25, 0.3) is 11.0 Å². The van der Waals surface area contributed by atoms with Crippen molar-refractivity contribution in [2.24, 2.45) is 0 Å². The zero-order valence-electron chi connectivity index (χ0n) is 13.0. The van der Waals surface area contributed by atoms with Gasteiger partial charge in [0.05, 0.1) is 11.0 Å². The molecule has 1 aromatic heterocycles. The predicted molar refractivity (Wildman–Crippen MR) is 89.0 cm³/mol. The first kappa shape index (κ1) is 14.9. The van der Waals surface area contributed by atoms with Crippen molar-refractivity contribution >= 4 is 22.6 Å². The number of rotatable bonds is 4. The van der Waals surface area contributed by atoms with E-state index in [9.17, 15) is 0 Å². The van der Waals surface area contributed by atoms with Gasteiger partial charge in [0, 0.05) is 23.5 Å². The van der Waals surface area contributed by atoms with Crippen LogP contribution >= 0.6 is 11.6 Å². The highest BCUT2D eigenvalue weighted by Crippen LogP contribution is 2.32. The third kappa shape index (κ3) is 2.82. The number of hydrogen-bond acceptors (Lipinski definition) is 2. The van der Waals surface area contributed by atoms with Crippen LogP contribution in [0.1, 0.15) is 44.9 Å². The molecule has 1 fully saturated rings. The van der Waals surface area contributed by atoms with Crippen LogP contribution in [0, 0.1) is 0 Å². The Kier molecular flexibility index (Phi) is 4.23. The zero-order valence-corrected chi connectivity index (χ0v) is 13.7. The van der Waals surface area contributed by atoms with Crippen molar-refractivity contribution in [2.45, 2.75) is 57.5 Å². The molecule has 3 nitrogen and oxygen atoms in total. The molecular formula is C17H24ClN3. The second-order valence-electron chi connectivity index (χ2n) is 6.17. The number of aromatic nitrogens is 2. The lowest BCUT2D eigenvalue weighted by atomic mass is 9.79. The van der Waals surface area contributed by atoms with E-state index in [1.807, 2.05) is 18.2 Å². The highest BCUT2D eigenvalue weighted by molar-refractivity contribution is 6.31. The topological polar surface area (TPSA) is 29.9 Å². The van der Waals surface area contributed by atoms with E-state index in [2.05, 4.69) is 23.9 Å². The predicted octanol–water partition coefficient (Wildman–Crippen LogP) is 4.17. The quantitative estimate of drug-likeness (QED) is 0.918. The molecule has 0 bridgehead atoms. The van der Waals surface area contributed by atoms with Crippen molar-refractivity contribution in [1.82, 2.24) is 14.9 Å². The third-order valence-corrected chi connectivity index (χ3v) is 5.18. The number of fused-ring (bicyclic) bond motifs is 1. The number of halogens is 1. The number of hydrogen-bond donors (Lipinski definition) is 1. The lowest BCUT2D eigenvalue weighted by Gasteiger charge is -2.37. The molecule has 1 N–H and O–H groups in total. The molecule has 0 unspecified atom stereocenters. The number of benzene rings is 1. The highest BCUT2D eigenvalue weighted by atomic mass is 35.5. The van der Waals surface area contributed by atoms with Crippen LogP contribution in [0.15, 0.2) is 18.2 Å². The Balaban J connectivity index is 1.99. The second kappa shape index (κ2) is 5.98. The van der Waals surface area contributed by atoms with E-state index in [0.717, 1.165) is 29.0 Å². The van der Waals surface area contributed by atoms with Gasteiger partial charge in [-0.05, 0) is 45.0 Å². The van der Waals surface area contributed by atoms with Gasteiger partial charge in [-0.2, -0.15) is 0 Å². The number of imidazole rings is 1. The molecule has 2 aromatic rings. The minimum Gasteiger partial charge on any atom is -0.328 e. The van der Waals surface area contributed by atoms with Crippen LogP contribution in [-0.4, -0.2) is 22.1 Å². The Bertz CT molecular complexity index is 626. The molecule has 0 aliphatic heterocycles. The maximum atomic E-state index is 6.15. The Hall–Kier alpha value is -1.06. The summed E-state index contributed by atoms with van der Waals surface area (Å²) < 4.78 is 2.31. The summed E-state index contributed by atoms with van der Waals surface area (Å²) in [4.78, 5) is 4.88. The molecule has 0 spiro atoms. The maximum absolute atomic E-state index is 6.15. The van der Waals surface area contributed by atoms with Gasteiger partial charge in [0.15, 0.2) is 0 Å². The van der Waals surface area contributed by atoms with E-state index in [4.69, 9.17) is 16.6 Å². The molecule has 3 rings (SSSR count). The second-order valence-corrected chi connectivity index (χ2v) is 6.61. The molecule has 1 heterocycles. The fourth-order valence-corrected chi connectivity index (χ4v) is 3.85. The summed E-state index contributed by atoms with van der Waals surface area (Å²) in [5.41, 5.74) is 2.43. The summed E-state index contributed by atoms with van der Waals surface area (Å²) in [5.74, 6) is 1.19. The van der Waals surface area contributed by atoms with E-state index >= 15 is 0 Å². The smallest absolute Gasteiger partial charge is 0.111 e. The van der Waals surface area contributed by atoms with Gasteiger partial charge >= 0.3 is 0 Å². The Morgan fingerprint density at radius 2 is 2.05 bits per heavy atom. The van der Waals surface area contributed by atoms with Crippen LogP contribution in [-0.2, 0) is 13.0 Å². The van der Waals surface area contributed by atoms with Crippen molar-refractivity contribution in [1.29, 1.82) is 0 Å². The van der Waals surface area contributed by atoms with Gasteiger partial charge in [-0.15, -0.1) is 0 Å².